The lowest BCUT2D eigenvalue weighted by Crippen LogP contribution is -2.20. The number of nitrogens with zero attached hydrogens (tertiary/aromatic N) is 9. The van der Waals surface area contributed by atoms with Crippen LogP contribution in [0.3, 0.4) is 0 Å². The van der Waals surface area contributed by atoms with Crippen molar-refractivity contribution in [3.63, 3.8) is 0 Å². The summed E-state index contributed by atoms with van der Waals surface area (Å²) in [5, 5.41) is 17.4. The SMILES string of the molecule is Cn1ncnc1COc1nn2c(-c3cccnc3)nnc2cc1N1CCCC1. The second-order valence-electron chi connectivity index (χ2n) is 6.65. The molecule has 1 fully saturated rings. The first-order valence-electron chi connectivity index (χ1n) is 9.17. The largest absolute Gasteiger partial charge is 0.467 e. The van der Waals surface area contributed by atoms with Crippen molar-refractivity contribution in [3.8, 4) is 17.3 Å². The quantitative estimate of drug-likeness (QED) is 0.516. The molecule has 142 valence electrons. The Labute approximate surface area is 160 Å². The third-order valence-electron chi connectivity index (χ3n) is 4.85. The van der Waals surface area contributed by atoms with Crippen LogP contribution in [0.4, 0.5) is 5.69 Å². The van der Waals surface area contributed by atoms with E-state index in [1.165, 1.54) is 6.33 Å². The number of aromatic nitrogens is 8. The van der Waals surface area contributed by atoms with Crippen LogP contribution in [0.5, 0.6) is 5.88 Å². The fourth-order valence-corrected chi connectivity index (χ4v) is 3.35. The van der Waals surface area contributed by atoms with Gasteiger partial charge in [0, 0.05) is 44.2 Å². The number of ether oxygens (including phenoxy) is 1. The van der Waals surface area contributed by atoms with E-state index in [2.05, 4.69) is 30.2 Å². The molecule has 28 heavy (non-hydrogen) atoms. The van der Waals surface area contributed by atoms with Gasteiger partial charge >= 0.3 is 0 Å². The van der Waals surface area contributed by atoms with E-state index in [1.807, 2.05) is 25.2 Å². The number of anilines is 1. The minimum absolute atomic E-state index is 0.278. The topological polar surface area (TPSA) is 99.1 Å². The molecular weight excluding hydrogens is 358 g/mol. The average Bonchev–Trinajstić information content (AvgIpc) is 3.47. The minimum atomic E-state index is 0.278. The van der Waals surface area contributed by atoms with Crippen LogP contribution < -0.4 is 9.64 Å². The number of rotatable bonds is 5. The van der Waals surface area contributed by atoms with Crippen molar-refractivity contribution in [2.75, 3.05) is 18.0 Å². The molecule has 0 radical (unpaired) electrons. The molecule has 1 aliphatic rings. The van der Waals surface area contributed by atoms with Crippen LogP contribution in [0.15, 0.2) is 36.9 Å². The van der Waals surface area contributed by atoms with Gasteiger partial charge in [0.2, 0.25) is 0 Å². The number of aryl methyl sites for hydroxylation is 1. The molecule has 0 amide bonds. The third kappa shape index (κ3) is 2.92. The average molecular weight is 377 g/mol. The molecule has 5 rings (SSSR count). The molecule has 10 nitrogen and oxygen atoms in total. The monoisotopic (exact) mass is 377 g/mol. The van der Waals surface area contributed by atoms with Gasteiger partial charge in [0.25, 0.3) is 5.88 Å². The summed E-state index contributed by atoms with van der Waals surface area (Å²) >= 11 is 0. The Morgan fingerprint density at radius 1 is 1.18 bits per heavy atom. The summed E-state index contributed by atoms with van der Waals surface area (Å²) in [6, 6.07) is 5.78. The van der Waals surface area contributed by atoms with Crippen LogP contribution in [0.2, 0.25) is 0 Å². The standard InChI is InChI=1S/C18H19N9O/c1-25-16(20-12-21-25)11-28-18-14(26-7-2-3-8-26)9-15-22-23-17(27(15)24-18)13-5-4-6-19-10-13/h4-6,9-10,12H,2-3,7-8,11H2,1H3. The molecule has 1 aliphatic heterocycles. The zero-order valence-electron chi connectivity index (χ0n) is 15.4. The summed E-state index contributed by atoms with van der Waals surface area (Å²) in [6.45, 7) is 2.23. The van der Waals surface area contributed by atoms with Gasteiger partial charge in [-0.3, -0.25) is 9.67 Å². The Morgan fingerprint density at radius 2 is 2.07 bits per heavy atom. The molecular formula is C18H19N9O. The summed E-state index contributed by atoms with van der Waals surface area (Å²) in [6.07, 6.45) is 7.29. The van der Waals surface area contributed by atoms with E-state index in [0.29, 0.717) is 17.4 Å². The van der Waals surface area contributed by atoms with Gasteiger partial charge < -0.3 is 9.64 Å². The van der Waals surface area contributed by atoms with E-state index in [0.717, 1.165) is 43.0 Å². The second-order valence-corrected chi connectivity index (χ2v) is 6.65. The molecule has 10 heteroatoms. The zero-order valence-corrected chi connectivity index (χ0v) is 15.4. The van der Waals surface area contributed by atoms with Crippen molar-refractivity contribution in [2.24, 2.45) is 7.05 Å². The summed E-state index contributed by atoms with van der Waals surface area (Å²) in [5.74, 6) is 1.88. The van der Waals surface area contributed by atoms with E-state index >= 15 is 0 Å². The lowest BCUT2D eigenvalue weighted by atomic mass is 10.3. The Bertz CT molecular complexity index is 1100. The van der Waals surface area contributed by atoms with Crippen LogP contribution in [0, 0.1) is 0 Å². The molecule has 1 saturated heterocycles. The van der Waals surface area contributed by atoms with Crippen molar-refractivity contribution >= 4 is 11.3 Å². The fourth-order valence-electron chi connectivity index (χ4n) is 3.35. The molecule has 5 heterocycles. The maximum Gasteiger partial charge on any atom is 0.256 e. The van der Waals surface area contributed by atoms with E-state index in [4.69, 9.17) is 9.84 Å². The van der Waals surface area contributed by atoms with Crippen molar-refractivity contribution in [1.82, 2.24) is 39.6 Å². The molecule has 4 aromatic heterocycles. The zero-order chi connectivity index (χ0) is 18.9. The maximum atomic E-state index is 6.08. The van der Waals surface area contributed by atoms with Gasteiger partial charge in [0.1, 0.15) is 18.6 Å². The molecule has 4 aromatic rings. The van der Waals surface area contributed by atoms with E-state index in [9.17, 15) is 0 Å². The highest BCUT2D eigenvalue weighted by Gasteiger charge is 2.22. The Morgan fingerprint density at radius 3 is 2.82 bits per heavy atom. The summed E-state index contributed by atoms with van der Waals surface area (Å²) in [5.41, 5.74) is 2.44. The van der Waals surface area contributed by atoms with Gasteiger partial charge in [-0.25, -0.2) is 4.98 Å². The van der Waals surface area contributed by atoms with Gasteiger partial charge in [-0.2, -0.15) is 9.61 Å². The highest BCUT2D eigenvalue weighted by molar-refractivity contribution is 5.65. The van der Waals surface area contributed by atoms with Crippen LogP contribution in [0.25, 0.3) is 17.0 Å². The third-order valence-corrected chi connectivity index (χ3v) is 4.85. The van der Waals surface area contributed by atoms with Gasteiger partial charge in [0.05, 0.1) is 0 Å². The number of fused-ring (bicyclic) bond motifs is 1. The first-order valence-corrected chi connectivity index (χ1v) is 9.17. The van der Waals surface area contributed by atoms with Crippen molar-refractivity contribution in [1.29, 1.82) is 0 Å². The van der Waals surface area contributed by atoms with Gasteiger partial charge in [0.15, 0.2) is 17.3 Å². The normalized spacial score (nSPS) is 14.1. The number of hydrogen-bond acceptors (Lipinski definition) is 8. The first kappa shape index (κ1) is 16.6. The van der Waals surface area contributed by atoms with Gasteiger partial charge in [-0.15, -0.1) is 15.3 Å². The van der Waals surface area contributed by atoms with Crippen LogP contribution in [-0.2, 0) is 13.7 Å². The number of pyridine rings is 1. The van der Waals surface area contributed by atoms with Crippen LogP contribution in [-0.4, -0.2) is 52.6 Å². The van der Waals surface area contributed by atoms with Crippen molar-refractivity contribution in [3.05, 3.63) is 42.7 Å². The fraction of sp³-hybridized carbons (Fsp3) is 0.333. The second kappa shape index (κ2) is 6.87. The molecule has 0 N–H and O–H groups in total. The van der Waals surface area contributed by atoms with Gasteiger partial charge in [-0.05, 0) is 25.0 Å². The van der Waals surface area contributed by atoms with Gasteiger partial charge in [-0.1, -0.05) is 0 Å². The molecule has 0 aliphatic carbocycles. The van der Waals surface area contributed by atoms with Crippen LogP contribution in [0.1, 0.15) is 18.7 Å². The minimum Gasteiger partial charge on any atom is -0.467 e. The number of hydrogen-bond donors (Lipinski definition) is 0. The van der Waals surface area contributed by atoms with Crippen LogP contribution >= 0.6 is 0 Å². The summed E-state index contributed by atoms with van der Waals surface area (Å²) in [7, 11) is 1.84. The van der Waals surface area contributed by atoms with E-state index in [-0.39, 0.29) is 6.61 Å². The maximum absolute atomic E-state index is 6.08. The molecule has 0 aromatic carbocycles. The van der Waals surface area contributed by atoms with E-state index < -0.39 is 0 Å². The summed E-state index contributed by atoms with van der Waals surface area (Å²) < 4.78 is 9.46. The predicted molar refractivity (Wildman–Crippen MR) is 101 cm³/mol. The summed E-state index contributed by atoms with van der Waals surface area (Å²) in [4.78, 5) is 10.7. The Balaban J connectivity index is 1.57. The predicted octanol–water partition coefficient (Wildman–Crippen LogP) is 1.49. The first-order chi connectivity index (χ1) is 13.8. The smallest absolute Gasteiger partial charge is 0.256 e. The Kier molecular flexibility index (Phi) is 4.08. The molecule has 0 saturated carbocycles. The molecule has 0 spiro atoms. The molecule has 0 atom stereocenters. The molecule has 0 unspecified atom stereocenters. The van der Waals surface area contributed by atoms with Crippen molar-refractivity contribution < 1.29 is 4.74 Å². The Hall–Kier alpha value is -3.56. The highest BCUT2D eigenvalue weighted by atomic mass is 16.5. The lowest BCUT2D eigenvalue weighted by molar-refractivity contribution is 0.275. The van der Waals surface area contributed by atoms with E-state index in [1.54, 1.807) is 21.6 Å². The molecule has 0 bridgehead atoms. The van der Waals surface area contributed by atoms with Crippen molar-refractivity contribution in [2.45, 2.75) is 19.4 Å². The lowest BCUT2D eigenvalue weighted by Gasteiger charge is -2.20. The highest BCUT2D eigenvalue weighted by Crippen LogP contribution is 2.31.